The van der Waals surface area contributed by atoms with Crippen LogP contribution in [0.1, 0.15) is 30.3 Å². The predicted molar refractivity (Wildman–Crippen MR) is 104 cm³/mol. The lowest BCUT2D eigenvalue weighted by Gasteiger charge is -2.32. The van der Waals surface area contributed by atoms with Crippen LogP contribution < -0.4 is 11.4 Å². The molecule has 0 unspecified atom stereocenters. The molecule has 1 aromatic carbocycles. The van der Waals surface area contributed by atoms with Gasteiger partial charge >= 0.3 is 5.69 Å². The molecule has 1 fully saturated rings. The first-order valence-corrected chi connectivity index (χ1v) is 9.33. The topological polar surface area (TPSA) is 115 Å². The van der Waals surface area contributed by atoms with E-state index in [2.05, 4.69) is 15.3 Å². The van der Waals surface area contributed by atoms with Gasteiger partial charge in [-0.05, 0) is 31.9 Å². The molecule has 2 aromatic heterocycles. The van der Waals surface area contributed by atoms with E-state index < -0.39 is 0 Å². The summed E-state index contributed by atoms with van der Waals surface area (Å²) in [7, 11) is 0. The Hall–Kier alpha value is -3.36. The molecule has 0 saturated carbocycles. The molecule has 3 aromatic rings. The third-order valence-corrected chi connectivity index (χ3v) is 5.07. The highest BCUT2D eigenvalue weighted by Crippen LogP contribution is 2.26. The van der Waals surface area contributed by atoms with E-state index in [0.29, 0.717) is 24.7 Å². The minimum absolute atomic E-state index is 0.0199. The van der Waals surface area contributed by atoms with Crippen LogP contribution in [-0.4, -0.2) is 48.4 Å². The lowest BCUT2D eigenvalue weighted by molar-refractivity contribution is -0.133. The number of likely N-dealkylation sites (tertiary alicyclic amines) is 1. The highest BCUT2D eigenvalue weighted by Gasteiger charge is 2.29. The first kappa shape index (κ1) is 18.0. The van der Waals surface area contributed by atoms with E-state index in [1.807, 2.05) is 37.3 Å². The second-order valence-electron chi connectivity index (χ2n) is 7.11. The molecule has 0 bridgehead atoms. The van der Waals surface area contributed by atoms with Gasteiger partial charge < -0.3 is 10.6 Å². The van der Waals surface area contributed by atoms with Gasteiger partial charge in [-0.2, -0.15) is 10.2 Å². The number of anilines is 1. The molecule has 1 amide bonds. The molecule has 0 aliphatic carbocycles. The first-order valence-electron chi connectivity index (χ1n) is 9.33. The van der Waals surface area contributed by atoms with E-state index in [0.717, 1.165) is 24.2 Å². The highest BCUT2D eigenvalue weighted by molar-refractivity contribution is 5.76. The fourth-order valence-electron chi connectivity index (χ4n) is 3.74. The fourth-order valence-corrected chi connectivity index (χ4v) is 3.74. The molecule has 0 spiro atoms. The number of piperidine rings is 1. The zero-order valence-corrected chi connectivity index (χ0v) is 15.7. The normalized spacial score (nSPS) is 17.0. The van der Waals surface area contributed by atoms with E-state index >= 15 is 0 Å². The summed E-state index contributed by atoms with van der Waals surface area (Å²) in [5.41, 5.74) is 7.17. The predicted octanol–water partition coefficient (Wildman–Crippen LogP) is 1.05. The van der Waals surface area contributed by atoms with Crippen LogP contribution >= 0.6 is 0 Å². The summed E-state index contributed by atoms with van der Waals surface area (Å²) in [5.74, 6) is 1.07. The van der Waals surface area contributed by atoms with E-state index in [4.69, 9.17) is 5.73 Å². The second kappa shape index (κ2) is 7.34. The average molecular weight is 381 g/mol. The van der Waals surface area contributed by atoms with E-state index in [-0.39, 0.29) is 24.1 Å². The molecule has 28 heavy (non-hydrogen) atoms. The van der Waals surface area contributed by atoms with E-state index in [1.165, 1.54) is 4.68 Å². The van der Waals surface area contributed by atoms with Crippen molar-refractivity contribution in [3.8, 4) is 5.69 Å². The third kappa shape index (κ3) is 3.42. The molecule has 1 aliphatic rings. The van der Waals surface area contributed by atoms with Crippen molar-refractivity contribution in [2.75, 3.05) is 18.8 Å². The Bertz CT molecular complexity index is 1030. The van der Waals surface area contributed by atoms with Crippen molar-refractivity contribution in [2.24, 2.45) is 0 Å². The van der Waals surface area contributed by atoms with Gasteiger partial charge in [0, 0.05) is 25.1 Å². The minimum Gasteiger partial charge on any atom is -0.384 e. The van der Waals surface area contributed by atoms with Crippen molar-refractivity contribution in [3.63, 3.8) is 0 Å². The van der Waals surface area contributed by atoms with Crippen LogP contribution in [0.4, 0.5) is 5.82 Å². The van der Waals surface area contributed by atoms with Gasteiger partial charge in [-0.3, -0.25) is 4.79 Å². The number of nitrogen functional groups attached to an aromatic ring is 1. The summed E-state index contributed by atoms with van der Waals surface area (Å²) in [6.45, 7) is 3.14. The van der Waals surface area contributed by atoms with Gasteiger partial charge in [0.05, 0.1) is 11.4 Å². The Balaban J connectivity index is 1.54. The zero-order valence-electron chi connectivity index (χ0n) is 15.7. The van der Waals surface area contributed by atoms with Crippen LogP contribution in [0.3, 0.4) is 0 Å². The summed E-state index contributed by atoms with van der Waals surface area (Å²) in [4.78, 5) is 26.9. The van der Waals surface area contributed by atoms with Gasteiger partial charge in [-0.15, -0.1) is 0 Å². The molecule has 4 rings (SSSR count). The molecule has 3 N–H and O–H groups in total. The van der Waals surface area contributed by atoms with Gasteiger partial charge in [0.1, 0.15) is 18.2 Å². The Kier molecular flexibility index (Phi) is 4.72. The summed E-state index contributed by atoms with van der Waals surface area (Å²) in [6, 6.07) is 11.1. The molecule has 0 radical (unpaired) electrons. The van der Waals surface area contributed by atoms with Gasteiger partial charge in [0.25, 0.3) is 0 Å². The van der Waals surface area contributed by atoms with Crippen LogP contribution in [0.15, 0.2) is 41.2 Å². The standard InChI is InChI=1S/C19H23N7O2/c1-13-10-16(20)25(23-13)12-17(27)24-9-5-6-14(11-24)18-21-22-19(28)26(18)15-7-3-2-4-8-15/h2-4,7-8,10,14H,5-6,9,11-12,20H2,1H3,(H,22,28)/t14-/m0/s1. The summed E-state index contributed by atoms with van der Waals surface area (Å²) in [6.07, 6.45) is 1.71. The number of H-pyrrole nitrogens is 1. The number of aromatic nitrogens is 5. The van der Waals surface area contributed by atoms with Crippen LogP contribution in [0.25, 0.3) is 5.69 Å². The highest BCUT2D eigenvalue weighted by atomic mass is 16.2. The van der Waals surface area contributed by atoms with E-state index in [1.54, 1.807) is 15.5 Å². The SMILES string of the molecule is Cc1cc(N)n(CC(=O)N2CCC[C@H](c3n[nH]c(=O)n3-c3ccccc3)C2)n1. The Labute approximate surface area is 161 Å². The van der Waals surface area contributed by atoms with Gasteiger partial charge in [0.2, 0.25) is 5.91 Å². The van der Waals surface area contributed by atoms with Crippen LogP contribution in [-0.2, 0) is 11.3 Å². The molecule has 1 saturated heterocycles. The smallest absolute Gasteiger partial charge is 0.347 e. The largest absolute Gasteiger partial charge is 0.384 e. The van der Waals surface area contributed by atoms with Crippen molar-refractivity contribution >= 4 is 11.7 Å². The Morgan fingerprint density at radius 3 is 2.82 bits per heavy atom. The van der Waals surface area contributed by atoms with Crippen LogP contribution in [0.5, 0.6) is 0 Å². The van der Waals surface area contributed by atoms with Crippen LogP contribution in [0, 0.1) is 6.92 Å². The van der Waals surface area contributed by atoms with Crippen molar-refractivity contribution < 1.29 is 4.79 Å². The number of para-hydroxylation sites is 1. The first-order chi connectivity index (χ1) is 13.5. The number of nitrogens with zero attached hydrogens (tertiary/aromatic N) is 5. The summed E-state index contributed by atoms with van der Waals surface area (Å²) < 4.78 is 3.11. The molecule has 1 atom stereocenters. The number of rotatable bonds is 4. The quantitative estimate of drug-likeness (QED) is 0.701. The maximum atomic E-state index is 12.8. The minimum atomic E-state index is -0.274. The molecule has 3 heterocycles. The van der Waals surface area contributed by atoms with Crippen molar-refractivity contribution in [3.05, 3.63) is 58.4 Å². The van der Waals surface area contributed by atoms with Crippen LogP contribution in [0.2, 0.25) is 0 Å². The zero-order chi connectivity index (χ0) is 19.7. The number of carbonyl (C=O) groups is 1. The lowest BCUT2D eigenvalue weighted by Crippen LogP contribution is -2.41. The number of benzene rings is 1. The average Bonchev–Trinajstić information content (AvgIpc) is 3.24. The summed E-state index contributed by atoms with van der Waals surface area (Å²) in [5, 5.41) is 11.1. The van der Waals surface area contributed by atoms with Crippen molar-refractivity contribution in [2.45, 2.75) is 32.2 Å². The Morgan fingerprint density at radius 2 is 2.11 bits per heavy atom. The monoisotopic (exact) mass is 381 g/mol. The van der Waals surface area contributed by atoms with Crippen molar-refractivity contribution in [1.82, 2.24) is 29.4 Å². The number of nitrogens with two attached hydrogens (primary N) is 1. The number of carbonyl (C=O) groups excluding carboxylic acids is 1. The lowest BCUT2D eigenvalue weighted by atomic mass is 9.97. The molecule has 9 nitrogen and oxygen atoms in total. The van der Waals surface area contributed by atoms with E-state index in [9.17, 15) is 9.59 Å². The number of aryl methyl sites for hydroxylation is 1. The third-order valence-electron chi connectivity index (χ3n) is 5.07. The molecule has 146 valence electrons. The maximum Gasteiger partial charge on any atom is 0.347 e. The van der Waals surface area contributed by atoms with Gasteiger partial charge in [-0.25, -0.2) is 19.1 Å². The van der Waals surface area contributed by atoms with Gasteiger partial charge in [0.15, 0.2) is 0 Å². The fraction of sp³-hybridized carbons (Fsp3) is 0.368. The number of nitrogens with one attached hydrogen (secondary N) is 1. The number of amides is 1. The summed E-state index contributed by atoms with van der Waals surface area (Å²) >= 11 is 0. The van der Waals surface area contributed by atoms with Gasteiger partial charge in [-0.1, -0.05) is 18.2 Å². The number of hydrogen-bond acceptors (Lipinski definition) is 5. The molecule has 9 heteroatoms. The molecular weight excluding hydrogens is 358 g/mol. The molecular formula is C19H23N7O2. The second-order valence-corrected chi connectivity index (χ2v) is 7.11. The Morgan fingerprint density at radius 1 is 1.32 bits per heavy atom. The molecule has 1 aliphatic heterocycles. The maximum absolute atomic E-state index is 12.8. The number of hydrogen-bond donors (Lipinski definition) is 2. The van der Waals surface area contributed by atoms with Crippen molar-refractivity contribution in [1.29, 1.82) is 0 Å². The number of aromatic amines is 1.